The first-order valence-electron chi connectivity index (χ1n) is 6.76. The lowest BCUT2D eigenvalue weighted by Gasteiger charge is -2.11. The third-order valence-corrected chi connectivity index (χ3v) is 3.69. The van der Waals surface area contributed by atoms with E-state index in [1.807, 2.05) is 31.2 Å². The van der Waals surface area contributed by atoms with Gasteiger partial charge in [-0.15, -0.1) is 0 Å². The number of halogens is 1. The minimum absolute atomic E-state index is 0.529. The molecule has 0 bridgehead atoms. The number of nitrogens with zero attached hydrogens (tertiary/aromatic N) is 2. The van der Waals surface area contributed by atoms with E-state index in [9.17, 15) is 9.59 Å². The molecule has 116 valence electrons. The summed E-state index contributed by atoms with van der Waals surface area (Å²) in [5.74, 6) is 1.39. The number of hydrogen-bond donors (Lipinski definition) is 1. The number of H-pyrrole nitrogens is 1. The lowest BCUT2D eigenvalue weighted by Crippen LogP contribution is -2.30. The highest BCUT2D eigenvalue weighted by Crippen LogP contribution is 2.27. The highest BCUT2D eigenvalue weighted by Gasteiger charge is 2.07. The third-order valence-electron chi connectivity index (χ3n) is 3.16. The zero-order chi connectivity index (χ0) is 16.4. The summed E-state index contributed by atoms with van der Waals surface area (Å²) in [7, 11) is 0. The van der Waals surface area contributed by atoms with Crippen LogP contribution in [0.4, 0.5) is 0 Å². The number of aryl methyl sites for hydroxylation is 1. The summed E-state index contributed by atoms with van der Waals surface area (Å²) in [6.07, 6.45) is 1.06. The number of hydrogen-bond acceptors (Lipinski definition) is 4. The monoisotopic (exact) mass is 373 g/mol. The molecule has 23 heavy (non-hydrogen) atoms. The fraction of sp³-hybridized carbons (Fsp3) is 0.0625. The van der Waals surface area contributed by atoms with Crippen LogP contribution in [0.2, 0.25) is 0 Å². The van der Waals surface area contributed by atoms with Crippen molar-refractivity contribution in [2.45, 2.75) is 6.92 Å². The molecule has 0 aliphatic carbocycles. The molecule has 1 aromatic heterocycles. The lowest BCUT2D eigenvalue weighted by atomic mass is 10.2. The van der Waals surface area contributed by atoms with Crippen LogP contribution in [0.1, 0.15) is 5.56 Å². The van der Waals surface area contributed by atoms with Crippen molar-refractivity contribution in [2.24, 2.45) is 0 Å². The molecule has 0 fully saturated rings. The third kappa shape index (κ3) is 3.40. The average molecular weight is 374 g/mol. The number of rotatable bonds is 3. The summed E-state index contributed by atoms with van der Waals surface area (Å²) in [4.78, 5) is 25.0. The summed E-state index contributed by atoms with van der Waals surface area (Å²) in [5.41, 5.74) is 0.272. The molecule has 3 rings (SSSR count). The van der Waals surface area contributed by atoms with Crippen molar-refractivity contribution in [3.05, 3.63) is 79.5 Å². The van der Waals surface area contributed by atoms with Crippen LogP contribution >= 0.6 is 15.9 Å². The number of benzene rings is 2. The van der Waals surface area contributed by atoms with Crippen molar-refractivity contribution in [1.29, 1.82) is 0 Å². The zero-order valence-corrected chi connectivity index (χ0v) is 13.7. The molecule has 3 aromatic rings. The molecule has 0 amide bonds. The topological polar surface area (TPSA) is 77.0 Å². The molecule has 0 spiro atoms. The van der Waals surface area contributed by atoms with E-state index in [-0.39, 0.29) is 0 Å². The quantitative estimate of drug-likeness (QED) is 0.765. The molecule has 6 nitrogen and oxygen atoms in total. The van der Waals surface area contributed by atoms with Crippen molar-refractivity contribution >= 4 is 15.9 Å². The molecule has 0 radical (unpaired) electrons. The van der Waals surface area contributed by atoms with Crippen LogP contribution in [0.5, 0.6) is 11.5 Å². The van der Waals surface area contributed by atoms with Crippen molar-refractivity contribution in [3.63, 3.8) is 0 Å². The number of nitrogens with one attached hydrogen (secondary N) is 1. The Kier molecular flexibility index (Phi) is 4.12. The van der Waals surface area contributed by atoms with Gasteiger partial charge in [-0.05, 0) is 55.0 Å². The Hall–Kier alpha value is -2.67. The molecule has 0 saturated carbocycles. The Morgan fingerprint density at radius 1 is 1.13 bits per heavy atom. The summed E-state index contributed by atoms with van der Waals surface area (Å²) >= 11 is 3.37. The van der Waals surface area contributed by atoms with Gasteiger partial charge in [0, 0.05) is 4.47 Å². The van der Waals surface area contributed by atoms with Gasteiger partial charge in [-0.2, -0.15) is 9.78 Å². The van der Waals surface area contributed by atoms with Gasteiger partial charge < -0.3 is 4.74 Å². The van der Waals surface area contributed by atoms with Crippen LogP contribution in [0.15, 0.2) is 62.7 Å². The first-order valence-corrected chi connectivity index (χ1v) is 7.55. The van der Waals surface area contributed by atoms with Crippen molar-refractivity contribution in [1.82, 2.24) is 14.8 Å². The molecular formula is C16H12BrN3O3. The van der Waals surface area contributed by atoms with Crippen LogP contribution in [-0.2, 0) is 0 Å². The maximum Gasteiger partial charge on any atom is 0.349 e. The molecule has 1 N–H and O–H groups in total. The van der Waals surface area contributed by atoms with Gasteiger partial charge in [-0.3, -0.25) is 9.78 Å². The van der Waals surface area contributed by atoms with Crippen molar-refractivity contribution in [2.75, 3.05) is 0 Å². The van der Waals surface area contributed by atoms with Gasteiger partial charge in [0.25, 0.3) is 5.56 Å². The molecule has 0 aliphatic heterocycles. The van der Waals surface area contributed by atoms with E-state index < -0.39 is 11.2 Å². The normalized spacial score (nSPS) is 10.5. The standard InChI is InChI=1S/C16H12BrN3O3/c1-10-8-12(20-16(22)19-15(21)9-18-20)4-7-14(10)23-13-5-2-11(17)3-6-13/h2-9H,1H3,(H,19,21,22). The maximum atomic E-state index is 11.8. The van der Waals surface area contributed by atoms with Crippen molar-refractivity contribution < 1.29 is 4.74 Å². The molecule has 7 heteroatoms. The Morgan fingerprint density at radius 2 is 1.87 bits per heavy atom. The van der Waals surface area contributed by atoms with Crippen LogP contribution < -0.4 is 16.0 Å². The number of aromatic nitrogens is 3. The highest BCUT2D eigenvalue weighted by atomic mass is 79.9. The van der Waals surface area contributed by atoms with Gasteiger partial charge in [-0.25, -0.2) is 4.79 Å². The summed E-state index contributed by atoms with van der Waals surface area (Å²) in [5, 5.41) is 3.83. The van der Waals surface area contributed by atoms with Crippen molar-refractivity contribution in [3.8, 4) is 17.2 Å². The van der Waals surface area contributed by atoms with E-state index in [1.54, 1.807) is 18.2 Å². The number of aromatic amines is 1. The molecule has 0 saturated heterocycles. The minimum atomic E-state index is -0.585. The van der Waals surface area contributed by atoms with Gasteiger partial charge in [0.05, 0.1) is 5.69 Å². The Balaban J connectivity index is 1.93. The fourth-order valence-corrected chi connectivity index (χ4v) is 2.31. The molecule has 1 heterocycles. The van der Waals surface area contributed by atoms with Crippen LogP contribution in [0.3, 0.4) is 0 Å². The second kappa shape index (κ2) is 6.21. The van der Waals surface area contributed by atoms with E-state index in [0.29, 0.717) is 17.2 Å². The SMILES string of the molecule is Cc1cc(-n2ncc(=O)[nH]c2=O)ccc1Oc1ccc(Br)cc1. The Morgan fingerprint density at radius 3 is 2.52 bits per heavy atom. The zero-order valence-electron chi connectivity index (χ0n) is 12.1. The Bertz CT molecular complexity index is 961. The predicted molar refractivity (Wildman–Crippen MR) is 89.4 cm³/mol. The van der Waals surface area contributed by atoms with E-state index >= 15 is 0 Å². The van der Waals surface area contributed by atoms with E-state index in [4.69, 9.17) is 4.74 Å². The fourth-order valence-electron chi connectivity index (χ4n) is 2.05. The van der Waals surface area contributed by atoms with Gasteiger partial charge in [0.2, 0.25) is 0 Å². The van der Waals surface area contributed by atoms with Crippen LogP contribution in [0.25, 0.3) is 5.69 Å². The smallest absolute Gasteiger partial charge is 0.349 e. The van der Waals surface area contributed by atoms with E-state index in [2.05, 4.69) is 26.0 Å². The first-order chi connectivity index (χ1) is 11.0. The molecule has 0 unspecified atom stereocenters. The molecule has 0 aliphatic rings. The van der Waals surface area contributed by atoms with Gasteiger partial charge >= 0.3 is 5.69 Å². The van der Waals surface area contributed by atoms with Gasteiger partial charge in [0.15, 0.2) is 0 Å². The average Bonchev–Trinajstić information content (AvgIpc) is 2.51. The van der Waals surface area contributed by atoms with Crippen LogP contribution in [-0.4, -0.2) is 14.8 Å². The summed E-state index contributed by atoms with van der Waals surface area (Å²) < 4.78 is 7.91. The van der Waals surface area contributed by atoms with Gasteiger partial charge in [0.1, 0.15) is 17.7 Å². The lowest BCUT2D eigenvalue weighted by molar-refractivity contribution is 0.478. The summed E-state index contributed by atoms with van der Waals surface area (Å²) in [6, 6.07) is 12.7. The maximum absolute atomic E-state index is 11.8. The number of ether oxygens (including phenoxy) is 1. The first kappa shape index (κ1) is 15.2. The predicted octanol–water partition coefficient (Wildman–Crippen LogP) is 2.78. The largest absolute Gasteiger partial charge is 0.457 e. The Labute approximate surface area is 139 Å². The van der Waals surface area contributed by atoms with Gasteiger partial charge in [-0.1, -0.05) is 15.9 Å². The highest BCUT2D eigenvalue weighted by molar-refractivity contribution is 9.10. The summed E-state index contributed by atoms with van der Waals surface area (Å²) in [6.45, 7) is 1.87. The van der Waals surface area contributed by atoms with Crippen LogP contribution in [0, 0.1) is 6.92 Å². The molecule has 0 atom stereocenters. The van der Waals surface area contributed by atoms with E-state index in [0.717, 1.165) is 20.9 Å². The van der Waals surface area contributed by atoms with E-state index in [1.165, 1.54) is 0 Å². The molecule has 2 aromatic carbocycles. The molecular weight excluding hydrogens is 362 g/mol. The second-order valence-corrected chi connectivity index (χ2v) is 5.77. The minimum Gasteiger partial charge on any atom is -0.457 e. The second-order valence-electron chi connectivity index (χ2n) is 4.86.